The van der Waals surface area contributed by atoms with E-state index in [9.17, 15) is 0 Å². The normalized spacial score (nSPS) is 11.7. The predicted molar refractivity (Wildman–Crippen MR) is 295 cm³/mol. The zero-order chi connectivity index (χ0) is 44.8. The summed E-state index contributed by atoms with van der Waals surface area (Å²) in [4.78, 5) is 15.1. The Labute approximate surface area is 388 Å². The van der Waals surface area contributed by atoms with Crippen LogP contribution in [0.2, 0.25) is 0 Å². The fraction of sp³-hybridized carbons (Fsp3) is 0. The molecule has 0 N–H and O–H groups in total. The quantitative estimate of drug-likeness (QED) is 0.239. The van der Waals surface area contributed by atoms with Crippen LogP contribution in [0.4, 0.5) is 0 Å². The number of nitrogens with zero attached hydrogens (tertiary/aromatic N) is 4. The highest BCUT2D eigenvalue weighted by Gasteiger charge is 2.24. The van der Waals surface area contributed by atoms with Crippen molar-refractivity contribution < 1.29 is 4.42 Å². The highest BCUT2D eigenvalue weighted by atomic mass is 16.3. The van der Waals surface area contributed by atoms with Crippen LogP contribution in [0.3, 0.4) is 0 Å². The van der Waals surface area contributed by atoms with Crippen molar-refractivity contribution in [3.05, 3.63) is 170 Å². The fourth-order valence-corrected chi connectivity index (χ4v) is 10.3. The Morgan fingerprint density at radius 2 is 0.894 bits per heavy atom. The Balaban J connectivity index is 1.11. The number of fused-ring (bicyclic) bond motifs is 7. The van der Waals surface area contributed by atoms with E-state index in [0.717, 1.165) is 55.4 Å². The Morgan fingerprint density at radius 1 is 0.379 bits per heavy atom. The van der Waals surface area contributed by atoms with Crippen LogP contribution >= 0.6 is 0 Å². The van der Waals surface area contributed by atoms with E-state index in [-0.39, 0.29) is 0 Å². The minimum atomic E-state index is 0.586. The Hall–Kier alpha value is -7.76. The molecule has 0 saturated heterocycles. The third-order valence-corrected chi connectivity index (χ3v) is 13.8. The number of benzene rings is 9. The van der Waals surface area contributed by atoms with Crippen LogP contribution in [0.5, 0.6) is 0 Å². The SMILES string of the molecule is Bc1cc(B)c2c(c1B)c1c(B)c(B)cc(B)c1n2-c1cc(-c2ccc(-c3cccc4ccccc34)cc2)c2oc3cc(-c4nc(-c5ccccc5)nc(-c5ccccc5)n4)ccc3c2c1. The zero-order valence-corrected chi connectivity index (χ0v) is 37.9. The first-order chi connectivity index (χ1) is 32.2. The molecule has 0 radical (unpaired) electrons. The Bertz CT molecular complexity index is 3810. The summed E-state index contributed by atoms with van der Waals surface area (Å²) in [7, 11) is 13.6. The summed E-state index contributed by atoms with van der Waals surface area (Å²) < 4.78 is 9.61. The number of hydrogen-bond donors (Lipinski definition) is 0. The first-order valence-electron chi connectivity index (χ1n) is 22.7. The van der Waals surface area contributed by atoms with Gasteiger partial charge < -0.3 is 8.98 Å². The highest BCUT2D eigenvalue weighted by Crippen LogP contribution is 2.41. The van der Waals surface area contributed by atoms with Gasteiger partial charge in [-0.2, -0.15) is 0 Å². The largest absolute Gasteiger partial charge is 0.455 e. The van der Waals surface area contributed by atoms with Gasteiger partial charge in [0, 0.05) is 49.7 Å². The summed E-state index contributed by atoms with van der Waals surface area (Å²) in [5, 5.41) is 7.20. The van der Waals surface area contributed by atoms with Crippen molar-refractivity contribution in [1.82, 2.24) is 19.5 Å². The van der Waals surface area contributed by atoms with Crippen LogP contribution in [0.1, 0.15) is 0 Å². The summed E-state index contributed by atoms with van der Waals surface area (Å²) >= 11 is 0. The second-order valence-corrected chi connectivity index (χ2v) is 17.9. The third kappa shape index (κ3) is 6.36. The Morgan fingerprint density at radius 3 is 1.50 bits per heavy atom. The van der Waals surface area contributed by atoms with Crippen molar-refractivity contribution in [3.8, 4) is 62.1 Å². The molecule has 66 heavy (non-hydrogen) atoms. The summed E-state index contributed by atoms with van der Waals surface area (Å²) in [6, 6.07) is 60.1. The maximum Gasteiger partial charge on any atom is 0.164 e. The molecule has 0 unspecified atom stereocenters. The lowest BCUT2D eigenvalue weighted by Crippen LogP contribution is -2.33. The Kier molecular flexibility index (Phi) is 9.32. The topological polar surface area (TPSA) is 56.7 Å². The summed E-state index contributed by atoms with van der Waals surface area (Å²) in [6.45, 7) is 0. The molecule has 0 amide bonds. The van der Waals surface area contributed by atoms with Gasteiger partial charge in [-0.15, -0.1) is 0 Å². The molecule has 0 aliphatic heterocycles. The number of furan rings is 1. The van der Waals surface area contributed by atoms with E-state index in [1.807, 2.05) is 60.7 Å². The average molecular weight is 838 g/mol. The van der Waals surface area contributed by atoms with E-state index in [4.69, 9.17) is 19.4 Å². The van der Waals surface area contributed by atoms with Crippen LogP contribution in [0.25, 0.3) is 117 Å². The lowest BCUT2D eigenvalue weighted by atomic mass is 9.71. The first-order valence-corrected chi connectivity index (χ1v) is 22.7. The molecule has 5 nitrogen and oxygen atoms in total. The lowest BCUT2D eigenvalue weighted by Gasteiger charge is -2.15. The molecular weight excluding hydrogens is 798 g/mol. The molecule has 12 aromatic rings. The minimum absolute atomic E-state index is 0.586. The van der Waals surface area contributed by atoms with Crippen molar-refractivity contribution >= 4 is 134 Å². The molecule has 0 saturated carbocycles. The van der Waals surface area contributed by atoms with Crippen molar-refractivity contribution in [3.63, 3.8) is 0 Å². The molecule has 0 aliphatic rings. The summed E-state index contributed by atoms with van der Waals surface area (Å²) in [5.41, 5.74) is 20.2. The maximum atomic E-state index is 7.09. The second-order valence-electron chi connectivity index (χ2n) is 17.9. The number of rotatable bonds is 6. The van der Waals surface area contributed by atoms with E-state index in [0.29, 0.717) is 17.5 Å². The second kappa shape index (κ2) is 15.5. The molecule has 12 rings (SSSR count). The van der Waals surface area contributed by atoms with Crippen molar-refractivity contribution in [2.75, 3.05) is 0 Å². The molecule has 0 atom stereocenters. The van der Waals surface area contributed by atoms with Crippen LogP contribution in [-0.4, -0.2) is 66.6 Å². The monoisotopic (exact) mass is 838 g/mol. The molecule has 0 fully saturated rings. The van der Waals surface area contributed by atoms with Gasteiger partial charge in [-0.25, -0.2) is 15.0 Å². The van der Waals surface area contributed by atoms with Gasteiger partial charge in [0.25, 0.3) is 0 Å². The van der Waals surface area contributed by atoms with Crippen LogP contribution in [0.15, 0.2) is 174 Å². The molecular formula is C55H40B6N4O. The molecule has 3 aromatic heterocycles. The molecule has 0 spiro atoms. The standard InChI is InChI=1S/C55H40B6N4O/c56-41-27-43(58)50-46(48(41)60)47-49(61)42(57)28-44(59)51(47)65(50)35-25-39(31-20-18-30(19-21-31)37-17-9-15-29-10-7-8-16-36(29)37)52-40(26-35)38-23-22-34(24-45(38)66-52)55-63-53(32-11-3-1-4-12-32)62-54(64-55)33-13-5-2-6-14-33/h1-28H,56-61H2. The van der Waals surface area contributed by atoms with Crippen LogP contribution in [-0.2, 0) is 0 Å². The van der Waals surface area contributed by atoms with Crippen LogP contribution in [0, 0.1) is 0 Å². The van der Waals surface area contributed by atoms with Gasteiger partial charge in [0.2, 0.25) is 0 Å². The predicted octanol–water partition coefficient (Wildman–Crippen LogP) is 3.91. The van der Waals surface area contributed by atoms with Gasteiger partial charge in [0.1, 0.15) is 58.2 Å². The lowest BCUT2D eigenvalue weighted by molar-refractivity contribution is 0.670. The van der Waals surface area contributed by atoms with Crippen LogP contribution < -0.4 is 32.8 Å². The van der Waals surface area contributed by atoms with Crippen molar-refractivity contribution in [1.29, 1.82) is 0 Å². The number of hydrogen-bond acceptors (Lipinski definition) is 4. The smallest absolute Gasteiger partial charge is 0.164 e. The van der Waals surface area contributed by atoms with Crippen molar-refractivity contribution in [2.24, 2.45) is 0 Å². The van der Waals surface area contributed by atoms with E-state index >= 15 is 0 Å². The fourth-order valence-electron chi connectivity index (χ4n) is 10.3. The van der Waals surface area contributed by atoms with Gasteiger partial charge in [0.05, 0.1) is 0 Å². The summed E-state index contributed by atoms with van der Waals surface area (Å²) in [5.74, 6) is 1.83. The van der Waals surface area contributed by atoms with Gasteiger partial charge in [-0.1, -0.05) is 178 Å². The van der Waals surface area contributed by atoms with Gasteiger partial charge >= 0.3 is 0 Å². The summed E-state index contributed by atoms with van der Waals surface area (Å²) in [6.07, 6.45) is 0. The van der Waals surface area contributed by atoms with Gasteiger partial charge in [-0.3, -0.25) is 0 Å². The minimum Gasteiger partial charge on any atom is -0.455 e. The molecule has 0 bridgehead atoms. The molecule has 0 aliphatic carbocycles. The maximum absolute atomic E-state index is 7.09. The van der Waals surface area contributed by atoms with E-state index in [1.54, 1.807) is 0 Å². The zero-order valence-electron chi connectivity index (χ0n) is 37.9. The van der Waals surface area contributed by atoms with E-state index in [1.165, 1.54) is 76.5 Å². The third-order valence-electron chi connectivity index (χ3n) is 13.8. The van der Waals surface area contributed by atoms with E-state index < -0.39 is 0 Å². The molecule has 304 valence electrons. The van der Waals surface area contributed by atoms with Crippen molar-refractivity contribution in [2.45, 2.75) is 0 Å². The van der Waals surface area contributed by atoms with Gasteiger partial charge in [-0.05, 0) is 62.5 Å². The number of aromatic nitrogens is 4. The van der Waals surface area contributed by atoms with Gasteiger partial charge in [0.15, 0.2) is 17.5 Å². The van der Waals surface area contributed by atoms with E-state index in [2.05, 4.69) is 161 Å². The molecule has 11 heteroatoms. The highest BCUT2D eigenvalue weighted by molar-refractivity contribution is 6.62. The molecule has 3 heterocycles. The first kappa shape index (κ1) is 39.8. The average Bonchev–Trinajstić information content (AvgIpc) is 3.92. The molecule has 9 aromatic carbocycles.